The Bertz CT molecular complexity index is 838. The monoisotopic (exact) mass is 409 g/mol. The highest BCUT2D eigenvalue weighted by Gasteiger charge is 2.58. The lowest BCUT2D eigenvalue weighted by molar-refractivity contribution is -0.143. The second-order valence-electron chi connectivity index (χ2n) is 7.70. The number of benzene rings is 1. The molecule has 150 valence electrons. The van der Waals surface area contributed by atoms with Crippen LogP contribution in [-0.2, 0) is 9.59 Å². The summed E-state index contributed by atoms with van der Waals surface area (Å²) in [5.74, 6) is -0.921. The van der Waals surface area contributed by atoms with Crippen LogP contribution < -0.4 is 15.4 Å². The van der Waals surface area contributed by atoms with Crippen LogP contribution in [0.1, 0.15) is 32.1 Å². The van der Waals surface area contributed by atoms with Crippen LogP contribution in [0.4, 0.5) is 9.18 Å². The lowest BCUT2D eigenvalue weighted by atomic mass is 9.60. The first-order valence-electron chi connectivity index (χ1n) is 9.31. The summed E-state index contributed by atoms with van der Waals surface area (Å²) in [5, 5.41) is 5.60. The molecule has 1 aromatic rings. The Balaban J connectivity index is 1.37. The molecule has 1 saturated heterocycles. The molecule has 1 aliphatic heterocycles. The van der Waals surface area contributed by atoms with E-state index in [-0.39, 0.29) is 35.6 Å². The molecular formula is C19H21ClFN3O4. The minimum absolute atomic E-state index is 0.0270. The average molecular weight is 410 g/mol. The first-order valence-corrected chi connectivity index (χ1v) is 9.69. The SMILES string of the molecule is O=C(COc1ccc(Cl)c(F)c1)NC12CCC(N3CCNC3=O)(CC1)CC2=O. The molecule has 0 aromatic heterocycles. The van der Waals surface area contributed by atoms with Crippen molar-refractivity contribution in [2.75, 3.05) is 19.7 Å². The molecule has 0 spiro atoms. The first kappa shape index (κ1) is 19.0. The van der Waals surface area contributed by atoms with E-state index in [4.69, 9.17) is 16.3 Å². The predicted molar refractivity (Wildman–Crippen MR) is 98.7 cm³/mol. The van der Waals surface area contributed by atoms with E-state index in [1.54, 1.807) is 4.90 Å². The number of hydrogen-bond donors (Lipinski definition) is 2. The van der Waals surface area contributed by atoms with Gasteiger partial charge >= 0.3 is 6.03 Å². The van der Waals surface area contributed by atoms with Crippen molar-refractivity contribution in [1.82, 2.24) is 15.5 Å². The molecule has 0 atom stereocenters. The van der Waals surface area contributed by atoms with E-state index < -0.39 is 22.8 Å². The number of rotatable bonds is 5. The summed E-state index contributed by atoms with van der Waals surface area (Å²) in [4.78, 5) is 39.1. The van der Waals surface area contributed by atoms with E-state index in [1.165, 1.54) is 12.1 Å². The maximum Gasteiger partial charge on any atom is 0.317 e. The highest BCUT2D eigenvalue weighted by molar-refractivity contribution is 6.30. The van der Waals surface area contributed by atoms with Crippen molar-refractivity contribution in [3.05, 3.63) is 29.0 Å². The van der Waals surface area contributed by atoms with Gasteiger partial charge in [-0.2, -0.15) is 0 Å². The Hall–Kier alpha value is -2.35. The van der Waals surface area contributed by atoms with Crippen molar-refractivity contribution >= 4 is 29.3 Å². The van der Waals surface area contributed by atoms with Gasteiger partial charge in [-0.3, -0.25) is 9.59 Å². The number of Topliss-reactive ketones (excluding diaryl/α,β-unsaturated/α-hetero) is 1. The van der Waals surface area contributed by atoms with Gasteiger partial charge in [-0.15, -0.1) is 0 Å². The minimum atomic E-state index is -0.899. The molecule has 4 aliphatic rings. The lowest BCUT2D eigenvalue weighted by Crippen LogP contribution is -2.69. The number of halogens is 2. The summed E-state index contributed by atoms with van der Waals surface area (Å²) in [6.45, 7) is 0.881. The number of nitrogens with zero attached hydrogens (tertiary/aromatic N) is 1. The molecule has 5 rings (SSSR count). The molecule has 3 amide bonds. The molecule has 2 bridgehead atoms. The van der Waals surface area contributed by atoms with Crippen molar-refractivity contribution < 1.29 is 23.5 Å². The van der Waals surface area contributed by atoms with E-state index in [1.807, 2.05) is 0 Å². The molecular weight excluding hydrogens is 389 g/mol. The molecule has 4 fully saturated rings. The van der Waals surface area contributed by atoms with Gasteiger partial charge in [0.2, 0.25) is 0 Å². The van der Waals surface area contributed by atoms with E-state index in [2.05, 4.69) is 10.6 Å². The number of hydrogen-bond acceptors (Lipinski definition) is 4. The third kappa shape index (κ3) is 3.19. The van der Waals surface area contributed by atoms with Gasteiger partial charge in [-0.25, -0.2) is 9.18 Å². The van der Waals surface area contributed by atoms with Crippen molar-refractivity contribution in [2.45, 2.75) is 43.2 Å². The summed E-state index contributed by atoms with van der Waals surface area (Å²) in [5.41, 5.74) is -1.33. The average Bonchev–Trinajstić information content (AvgIpc) is 3.11. The number of ether oxygens (including phenoxy) is 1. The van der Waals surface area contributed by atoms with Gasteiger partial charge in [0.15, 0.2) is 12.4 Å². The van der Waals surface area contributed by atoms with Crippen LogP contribution in [0.3, 0.4) is 0 Å². The molecule has 3 saturated carbocycles. The highest BCUT2D eigenvalue weighted by Crippen LogP contribution is 2.48. The van der Waals surface area contributed by atoms with Crippen LogP contribution in [0.5, 0.6) is 5.75 Å². The zero-order valence-electron chi connectivity index (χ0n) is 15.2. The maximum absolute atomic E-state index is 13.5. The van der Waals surface area contributed by atoms with E-state index in [0.717, 1.165) is 6.07 Å². The van der Waals surface area contributed by atoms with Crippen LogP contribution >= 0.6 is 11.6 Å². The molecule has 28 heavy (non-hydrogen) atoms. The van der Waals surface area contributed by atoms with Crippen molar-refractivity contribution in [3.63, 3.8) is 0 Å². The van der Waals surface area contributed by atoms with Gasteiger partial charge in [-0.1, -0.05) is 11.6 Å². The zero-order valence-corrected chi connectivity index (χ0v) is 16.0. The smallest absolute Gasteiger partial charge is 0.317 e. The number of amides is 3. The molecule has 2 N–H and O–H groups in total. The Kier molecular flexibility index (Phi) is 4.69. The maximum atomic E-state index is 13.5. The number of carbonyl (C=O) groups excluding carboxylic acids is 3. The largest absolute Gasteiger partial charge is 0.484 e. The van der Waals surface area contributed by atoms with Crippen LogP contribution in [0.15, 0.2) is 18.2 Å². The predicted octanol–water partition coefficient (Wildman–Crippen LogP) is 2.02. The van der Waals surface area contributed by atoms with Crippen LogP contribution in [0.2, 0.25) is 5.02 Å². The third-order valence-electron chi connectivity index (χ3n) is 6.13. The number of urea groups is 1. The van der Waals surface area contributed by atoms with Gasteiger partial charge < -0.3 is 20.3 Å². The van der Waals surface area contributed by atoms with E-state index in [0.29, 0.717) is 38.8 Å². The van der Waals surface area contributed by atoms with Gasteiger partial charge in [0, 0.05) is 25.6 Å². The highest BCUT2D eigenvalue weighted by atomic mass is 35.5. The van der Waals surface area contributed by atoms with E-state index >= 15 is 0 Å². The molecule has 0 unspecified atom stereocenters. The second-order valence-corrected chi connectivity index (χ2v) is 8.11. The van der Waals surface area contributed by atoms with Crippen LogP contribution in [0.25, 0.3) is 0 Å². The first-order chi connectivity index (χ1) is 13.3. The number of nitrogens with one attached hydrogen (secondary N) is 2. The number of fused-ring (bicyclic) bond motifs is 3. The minimum Gasteiger partial charge on any atom is -0.484 e. The summed E-state index contributed by atoms with van der Waals surface area (Å²) < 4.78 is 18.8. The fourth-order valence-electron chi connectivity index (χ4n) is 4.57. The van der Waals surface area contributed by atoms with Crippen molar-refractivity contribution in [2.24, 2.45) is 0 Å². The summed E-state index contributed by atoms with van der Waals surface area (Å²) >= 11 is 5.62. The van der Waals surface area contributed by atoms with Gasteiger partial charge in [0.1, 0.15) is 11.6 Å². The fourth-order valence-corrected chi connectivity index (χ4v) is 4.69. The molecule has 0 radical (unpaired) electrons. The quantitative estimate of drug-likeness (QED) is 0.778. The normalized spacial score (nSPS) is 29.0. The molecule has 1 heterocycles. The van der Waals surface area contributed by atoms with Crippen molar-refractivity contribution in [3.8, 4) is 5.75 Å². The Morgan fingerprint density at radius 3 is 2.64 bits per heavy atom. The molecule has 7 nitrogen and oxygen atoms in total. The van der Waals surface area contributed by atoms with Gasteiger partial charge in [-0.05, 0) is 37.8 Å². The van der Waals surface area contributed by atoms with Crippen molar-refractivity contribution in [1.29, 1.82) is 0 Å². The Labute approximate surface area is 166 Å². The van der Waals surface area contributed by atoms with Crippen LogP contribution in [0, 0.1) is 5.82 Å². The summed E-state index contributed by atoms with van der Waals surface area (Å²) in [6.07, 6.45) is 2.60. The fraction of sp³-hybridized carbons (Fsp3) is 0.526. The summed E-state index contributed by atoms with van der Waals surface area (Å²) in [7, 11) is 0. The van der Waals surface area contributed by atoms with E-state index in [9.17, 15) is 18.8 Å². The zero-order chi connectivity index (χ0) is 19.9. The Morgan fingerprint density at radius 2 is 2.04 bits per heavy atom. The number of carbonyl (C=O) groups is 3. The molecule has 1 aromatic carbocycles. The van der Waals surface area contributed by atoms with Crippen LogP contribution in [-0.4, -0.2) is 53.4 Å². The van der Waals surface area contributed by atoms with Gasteiger partial charge in [0.25, 0.3) is 5.91 Å². The Morgan fingerprint density at radius 1 is 1.29 bits per heavy atom. The second kappa shape index (κ2) is 6.92. The lowest BCUT2D eigenvalue weighted by Gasteiger charge is -2.55. The molecule has 3 aliphatic carbocycles. The third-order valence-corrected chi connectivity index (χ3v) is 6.43. The summed E-state index contributed by atoms with van der Waals surface area (Å²) in [6, 6.07) is 3.81. The standard InChI is InChI=1S/C19H21ClFN3O4/c20-13-2-1-12(9-14(13)21)28-11-16(26)23-19-5-3-18(4-6-19,10-15(19)25)24-8-7-22-17(24)27/h1-2,9H,3-8,10-11H2,(H,22,27)(H,23,26). The molecule has 9 heteroatoms. The van der Waals surface area contributed by atoms with Gasteiger partial charge in [0.05, 0.1) is 16.1 Å². The number of ketones is 1. The topological polar surface area (TPSA) is 87.7 Å².